The van der Waals surface area contributed by atoms with Gasteiger partial charge in [-0.3, -0.25) is 0 Å². The van der Waals surface area contributed by atoms with Crippen molar-refractivity contribution in [2.45, 2.75) is 186 Å². The molecule has 0 fully saturated rings. The van der Waals surface area contributed by atoms with Crippen LogP contribution in [0.2, 0.25) is 0 Å². The minimum atomic E-state index is -3.02. The predicted octanol–water partition coefficient (Wildman–Crippen LogP) is 10.7. The fourth-order valence-corrected chi connectivity index (χ4v) is 12.2. The molecule has 0 aliphatic heterocycles. The summed E-state index contributed by atoms with van der Waals surface area (Å²) in [5.74, 6) is -3.02. The van der Waals surface area contributed by atoms with Gasteiger partial charge in [-0.2, -0.15) is 0 Å². The van der Waals surface area contributed by atoms with Crippen molar-refractivity contribution in [3.63, 3.8) is 0 Å². The van der Waals surface area contributed by atoms with Crippen molar-refractivity contribution in [1.82, 2.24) is 21.3 Å². The summed E-state index contributed by atoms with van der Waals surface area (Å²) < 4.78 is 0. The van der Waals surface area contributed by atoms with Gasteiger partial charge in [0.15, 0.2) is 0 Å². The fourth-order valence-electron chi connectivity index (χ4n) is 7.54. The summed E-state index contributed by atoms with van der Waals surface area (Å²) in [6.45, 7) is 46.8. The van der Waals surface area contributed by atoms with E-state index in [0.717, 1.165) is 50.8 Å². The van der Waals surface area contributed by atoms with Gasteiger partial charge in [0.1, 0.15) is 0 Å². The first-order valence-corrected chi connectivity index (χ1v) is 20.6. The summed E-state index contributed by atoms with van der Waals surface area (Å²) in [5.41, 5.74) is 0.798. The molecule has 0 bridgehead atoms. The van der Waals surface area contributed by atoms with E-state index in [1.54, 1.807) is 0 Å². The molecule has 0 rings (SSSR count). The summed E-state index contributed by atoms with van der Waals surface area (Å²) in [4.78, 5) is 0. The first kappa shape index (κ1) is 42.6. The summed E-state index contributed by atoms with van der Waals surface area (Å²) in [6, 6.07) is 0. The third kappa shape index (κ3) is 19.8. The second-order valence-corrected chi connectivity index (χ2v) is 29.4. The molecule has 6 heteroatoms. The molecule has 0 atom stereocenters. The Morgan fingerprint density at radius 1 is 0.333 bits per heavy atom. The van der Waals surface area contributed by atoms with Gasteiger partial charge in [-0.15, -0.1) is 0 Å². The average Bonchev–Trinajstić information content (AvgIpc) is 2.62. The first-order chi connectivity index (χ1) is 18.0. The quantitative estimate of drug-likeness (QED) is 0.128. The van der Waals surface area contributed by atoms with E-state index in [9.17, 15) is 0 Å². The normalized spacial score (nSPS) is 16.5. The Bertz CT molecular complexity index is 693. The van der Waals surface area contributed by atoms with Gasteiger partial charge in [-0.05, 0) is 0 Å². The van der Waals surface area contributed by atoms with Crippen LogP contribution in [0.3, 0.4) is 0 Å². The van der Waals surface area contributed by atoms with Crippen molar-refractivity contribution in [1.29, 1.82) is 0 Å². The van der Waals surface area contributed by atoms with E-state index < -0.39 is 5.96 Å². The Kier molecular flexibility index (Phi) is 13.9. The number of nitrogens with one attached hydrogen (secondary N) is 4. The first-order valence-electron chi connectivity index (χ1n) is 16.7. The Balaban J connectivity index is 6.75. The molecule has 0 amide bonds. The van der Waals surface area contributed by atoms with Crippen LogP contribution < -0.4 is 21.3 Å². The Morgan fingerprint density at radius 2 is 0.476 bits per heavy atom. The van der Waals surface area contributed by atoms with Crippen LogP contribution >= 0.6 is 17.2 Å². The van der Waals surface area contributed by atoms with Gasteiger partial charge >= 0.3 is 272 Å². The predicted molar refractivity (Wildman–Crippen MR) is 197 cm³/mol. The molecular weight excluding hydrogens is 555 g/mol. The molecule has 4 N–H and O–H groups in total. The third-order valence-electron chi connectivity index (χ3n) is 7.70. The van der Waals surface area contributed by atoms with Crippen LogP contribution in [0.1, 0.15) is 164 Å². The van der Waals surface area contributed by atoms with E-state index in [2.05, 4.69) is 160 Å². The molecule has 0 aliphatic rings. The maximum absolute atomic E-state index is 8.39. The van der Waals surface area contributed by atoms with Crippen LogP contribution in [-0.4, -0.2) is 47.3 Å². The van der Waals surface area contributed by atoms with Crippen molar-refractivity contribution in [3.05, 3.63) is 0 Å². The van der Waals surface area contributed by atoms with Crippen LogP contribution in [0.4, 0.5) is 0 Å². The Labute approximate surface area is 270 Å². The van der Waals surface area contributed by atoms with Gasteiger partial charge in [0.2, 0.25) is 0 Å². The van der Waals surface area contributed by atoms with Gasteiger partial charge in [-0.25, -0.2) is 0 Å². The van der Waals surface area contributed by atoms with Gasteiger partial charge < -0.3 is 0 Å². The van der Waals surface area contributed by atoms with Crippen molar-refractivity contribution in [2.75, 3.05) is 25.1 Å². The molecule has 256 valence electrons. The summed E-state index contributed by atoms with van der Waals surface area (Å²) >= 11 is 8.39. The molecule has 42 heavy (non-hydrogen) atoms. The number of hydrogen-bond acceptors (Lipinski definition) is 4. The maximum atomic E-state index is 8.39. The van der Waals surface area contributed by atoms with Crippen LogP contribution in [0.25, 0.3) is 0 Å². The van der Waals surface area contributed by atoms with Gasteiger partial charge in [0, 0.05) is 0 Å². The number of rotatable bonds is 16. The molecule has 0 aliphatic carbocycles. The van der Waals surface area contributed by atoms with Crippen LogP contribution in [0.5, 0.6) is 0 Å². The Hall–Kier alpha value is 0.560. The van der Waals surface area contributed by atoms with Crippen molar-refractivity contribution in [2.24, 2.45) is 21.7 Å². The molecule has 0 radical (unpaired) electrons. The van der Waals surface area contributed by atoms with Crippen LogP contribution in [0.15, 0.2) is 0 Å². The fraction of sp³-hybridized carbons (Fsp3) is 1.00. The van der Waals surface area contributed by atoms with Gasteiger partial charge in [0.25, 0.3) is 0 Å². The second kappa shape index (κ2) is 13.7. The molecule has 0 aromatic heterocycles. The average molecular weight is 635 g/mol. The van der Waals surface area contributed by atoms with E-state index in [0.29, 0.717) is 0 Å². The van der Waals surface area contributed by atoms with E-state index in [4.69, 9.17) is 11.2 Å². The van der Waals surface area contributed by atoms with Crippen molar-refractivity contribution in [3.8, 4) is 0 Å². The molecule has 0 unspecified atom stereocenters. The topological polar surface area (TPSA) is 48.1 Å². The van der Waals surface area contributed by atoms with Crippen molar-refractivity contribution < 1.29 is 0 Å². The summed E-state index contributed by atoms with van der Waals surface area (Å²) in [6.07, 6.45) is 7.57. The number of hydrogen-bond donors (Lipinski definition) is 4. The zero-order valence-corrected chi connectivity index (χ0v) is 34.1. The Morgan fingerprint density at radius 3 is 0.595 bits per heavy atom. The van der Waals surface area contributed by atoms with Crippen LogP contribution in [-0.2, 0) is 0 Å². The molecular formula is C36H80ClN4P. The molecule has 0 heterocycles. The third-order valence-corrected chi connectivity index (χ3v) is 12.9. The summed E-state index contributed by atoms with van der Waals surface area (Å²) in [7, 11) is 0. The molecule has 0 saturated carbocycles. The molecule has 0 aromatic rings. The van der Waals surface area contributed by atoms with Gasteiger partial charge in [0.05, 0.1) is 0 Å². The summed E-state index contributed by atoms with van der Waals surface area (Å²) in [5, 5.41) is 16.2. The van der Waals surface area contributed by atoms with E-state index in [1.807, 2.05) is 0 Å². The molecule has 4 nitrogen and oxygen atoms in total. The molecule has 0 spiro atoms. The van der Waals surface area contributed by atoms with Gasteiger partial charge in [-0.1, -0.05) is 0 Å². The monoisotopic (exact) mass is 635 g/mol. The van der Waals surface area contributed by atoms with Crippen LogP contribution in [0, 0.1) is 21.7 Å². The SMILES string of the molecule is CC(C)(C)CC(C)(C)NCP(Cl)(CNC(C)(C)CC(C)(C)C)(CNC(C)(C)CC(C)(C)C)CNC(C)(C)CC(C)(C)C. The van der Waals surface area contributed by atoms with E-state index in [1.165, 1.54) is 0 Å². The number of halogens is 1. The molecule has 0 saturated heterocycles. The minimum absolute atomic E-state index is 0.0287. The standard InChI is InChI=1S/C36H80ClN4P/c1-29(2,3)21-33(13,14)38-25-42(37,26-39-34(15,16)22-30(4,5)6,27-40-35(17,18)23-31(7,8)9)28-41-36(19,20)24-32(10,11)12/h38-41H,21-28H2,1-20H3. The zero-order valence-electron chi connectivity index (χ0n) is 32.5. The van der Waals surface area contributed by atoms with Crippen molar-refractivity contribution >= 4 is 17.2 Å². The van der Waals surface area contributed by atoms with E-state index >= 15 is 0 Å². The molecule has 0 aromatic carbocycles. The second-order valence-electron chi connectivity index (χ2n) is 21.6. The zero-order chi connectivity index (χ0) is 33.9. The van der Waals surface area contributed by atoms with E-state index in [-0.39, 0.29) is 43.8 Å².